The molecule has 224 valence electrons. The van der Waals surface area contributed by atoms with E-state index in [1.807, 2.05) is 70.1 Å². The predicted octanol–water partition coefficient (Wildman–Crippen LogP) is 5.62. The van der Waals surface area contributed by atoms with Crippen molar-refractivity contribution in [2.75, 3.05) is 39.8 Å². The van der Waals surface area contributed by atoms with Crippen LogP contribution in [-0.4, -0.2) is 75.3 Å². The second-order valence-corrected chi connectivity index (χ2v) is 11.4. The third-order valence-electron chi connectivity index (χ3n) is 7.46. The van der Waals surface area contributed by atoms with E-state index in [0.717, 1.165) is 42.5 Å². The molecule has 2 aromatic heterocycles. The van der Waals surface area contributed by atoms with Crippen molar-refractivity contribution in [3.63, 3.8) is 0 Å². The number of oxazole rings is 1. The number of benzene rings is 3. The molecule has 1 amide bonds. The summed E-state index contributed by atoms with van der Waals surface area (Å²) in [6, 6.07) is 28.3. The van der Waals surface area contributed by atoms with Crippen molar-refractivity contribution in [1.82, 2.24) is 29.5 Å². The molecule has 3 heterocycles. The summed E-state index contributed by atoms with van der Waals surface area (Å²) in [5.41, 5.74) is 3.60. The van der Waals surface area contributed by atoms with E-state index < -0.39 is 0 Å². The molecule has 0 bridgehead atoms. The highest BCUT2D eigenvalue weighted by atomic mass is 32.2. The van der Waals surface area contributed by atoms with E-state index in [2.05, 4.69) is 56.5 Å². The average Bonchev–Trinajstić information content (AvgIpc) is 3.72. The maximum atomic E-state index is 13.2. The van der Waals surface area contributed by atoms with Gasteiger partial charge < -0.3 is 14.1 Å². The third kappa shape index (κ3) is 7.27. The van der Waals surface area contributed by atoms with E-state index in [-0.39, 0.29) is 5.91 Å². The minimum atomic E-state index is -0.101. The number of hydrogen-bond acceptors (Lipinski definition) is 8. The Morgan fingerprint density at radius 1 is 0.932 bits per heavy atom. The molecule has 0 radical (unpaired) electrons. The summed E-state index contributed by atoms with van der Waals surface area (Å²) < 4.78 is 13.1. The fourth-order valence-corrected chi connectivity index (χ4v) is 5.90. The molecule has 1 saturated heterocycles. The van der Waals surface area contributed by atoms with Crippen molar-refractivity contribution in [3.05, 3.63) is 126 Å². The number of thioether (sulfide) groups is 1. The Hall–Kier alpha value is -4.67. The van der Waals surface area contributed by atoms with Gasteiger partial charge in [-0.1, -0.05) is 84.6 Å². The van der Waals surface area contributed by atoms with Crippen LogP contribution in [-0.2, 0) is 12.2 Å². The lowest BCUT2D eigenvalue weighted by Gasteiger charge is -2.33. The first-order chi connectivity index (χ1) is 21.7. The molecule has 1 aliphatic rings. The highest BCUT2D eigenvalue weighted by Crippen LogP contribution is 2.27. The van der Waals surface area contributed by atoms with E-state index in [1.165, 1.54) is 23.6 Å². The zero-order valence-corrected chi connectivity index (χ0v) is 25.4. The molecule has 0 saturated carbocycles. The summed E-state index contributed by atoms with van der Waals surface area (Å²) in [4.78, 5) is 21.9. The van der Waals surface area contributed by atoms with Gasteiger partial charge >= 0.3 is 0 Å². The number of carbonyl (C=O) groups is 1. The van der Waals surface area contributed by atoms with Crippen molar-refractivity contribution in [1.29, 1.82) is 0 Å². The van der Waals surface area contributed by atoms with Crippen molar-refractivity contribution in [2.24, 2.45) is 0 Å². The number of methoxy groups -OCH3 is 1. The van der Waals surface area contributed by atoms with Gasteiger partial charge in [-0.2, -0.15) is 0 Å². The van der Waals surface area contributed by atoms with Crippen LogP contribution in [0.3, 0.4) is 0 Å². The first-order valence-electron chi connectivity index (χ1n) is 14.6. The number of piperazine rings is 1. The topological polar surface area (TPSA) is 89.5 Å². The monoisotopic (exact) mass is 606 g/mol. The molecule has 0 N–H and O–H groups in total. The lowest BCUT2D eigenvalue weighted by atomic mass is 10.1. The smallest absolute Gasteiger partial charge is 0.275 e. The van der Waals surface area contributed by atoms with Crippen molar-refractivity contribution in [2.45, 2.75) is 17.3 Å². The summed E-state index contributed by atoms with van der Waals surface area (Å²) in [5.74, 6) is 2.38. The fourth-order valence-electron chi connectivity index (χ4n) is 5.08. The van der Waals surface area contributed by atoms with Gasteiger partial charge in [0, 0.05) is 44.8 Å². The van der Waals surface area contributed by atoms with Crippen LogP contribution < -0.4 is 4.74 Å². The Morgan fingerprint density at radius 3 is 2.39 bits per heavy atom. The Balaban J connectivity index is 1.07. The molecule has 5 aromatic rings. The van der Waals surface area contributed by atoms with Crippen LogP contribution in [0.5, 0.6) is 5.75 Å². The number of rotatable bonds is 11. The predicted molar refractivity (Wildman–Crippen MR) is 171 cm³/mol. The fraction of sp³-hybridized carbons (Fsp3) is 0.235. The van der Waals surface area contributed by atoms with E-state index in [0.29, 0.717) is 42.0 Å². The molecule has 9 nitrogen and oxygen atoms in total. The Bertz CT molecular complexity index is 1680. The third-order valence-corrected chi connectivity index (χ3v) is 8.38. The Labute approximate surface area is 261 Å². The molecule has 3 aromatic carbocycles. The van der Waals surface area contributed by atoms with E-state index in [4.69, 9.17) is 9.15 Å². The Kier molecular flexibility index (Phi) is 9.49. The van der Waals surface area contributed by atoms with E-state index in [9.17, 15) is 4.79 Å². The minimum Gasteiger partial charge on any atom is -0.497 e. The minimum absolute atomic E-state index is 0.101. The van der Waals surface area contributed by atoms with Crippen LogP contribution in [0, 0.1) is 0 Å². The van der Waals surface area contributed by atoms with Gasteiger partial charge in [0.1, 0.15) is 17.8 Å². The SMILES string of the molecule is COc1ccc(-n2c(Cc3ccccc3)nnc2SCc2nc(C(=O)N3CCN(CC=Cc4ccccc4)CC3)co2)cc1. The maximum Gasteiger partial charge on any atom is 0.275 e. The van der Waals surface area contributed by atoms with Crippen LogP contribution in [0.1, 0.15) is 33.3 Å². The highest BCUT2D eigenvalue weighted by Gasteiger charge is 2.24. The molecule has 0 aliphatic carbocycles. The highest BCUT2D eigenvalue weighted by molar-refractivity contribution is 7.98. The van der Waals surface area contributed by atoms with Gasteiger partial charge in [-0.15, -0.1) is 10.2 Å². The van der Waals surface area contributed by atoms with E-state index in [1.54, 1.807) is 7.11 Å². The number of aromatic nitrogens is 4. The molecule has 0 spiro atoms. The van der Waals surface area contributed by atoms with Crippen LogP contribution >= 0.6 is 11.8 Å². The maximum absolute atomic E-state index is 13.2. The molecule has 44 heavy (non-hydrogen) atoms. The molecule has 0 atom stereocenters. The number of carbonyl (C=O) groups excluding carboxylic acids is 1. The van der Waals surface area contributed by atoms with E-state index >= 15 is 0 Å². The van der Waals surface area contributed by atoms with Crippen LogP contribution in [0.2, 0.25) is 0 Å². The van der Waals surface area contributed by atoms with Gasteiger partial charge in [0.15, 0.2) is 10.9 Å². The van der Waals surface area contributed by atoms with Crippen molar-refractivity contribution >= 4 is 23.7 Å². The average molecular weight is 607 g/mol. The summed E-state index contributed by atoms with van der Waals surface area (Å²) in [5, 5.41) is 9.73. The largest absolute Gasteiger partial charge is 0.497 e. The molecule has 0 unspecified atom stereocenters. The van der Waals surface area contributed by atoms with Crippen molar-refractivity contribution in [3.8, 4) is 11.4 Å². The zero-order valence-electron chi connectivity index (χ0n) is 24.6. The summed E-state index contributed by atoms with van der Waals surface area (Å²) in [6.45, 7) is 3.81. The zero-order chi connectivity index (χ0) is 30.1. The molecule has 10 heteroatoms. The van der Waals surface area contributed by atoms with Crippen molar-refractivity contribution < 1.29 is 13.9 Å². The van der Waals surface area contributed by atoms with Crippen LogP contribution in [0.25, 0.3) is 11.8 Å². The molecule has 1 fully saturated rings. The number of hydrogen-bond donors (Lipinski definition) is 0. The lowest BCUT2D eigenvalue weighted by Crippen LogP contribution is -2.48. The molecule has 6 rings (SSSR count). The molecule has 1 aliphatic heterocycles. The summed E-state index contributed by atoms with van der Waals surface area (Å²) in [7, 11) is 1.65. The van der Waals surface area contributed by atoms with Gasteiger partial charge in [0.2, 0.25) is 5.89 Å². The lowest BCUT2D eigenvalue weighted by molar-refractivity contribution is 0.0644. The van der Waals surface area contributed by atoms with Gasteiger partial charge in [-0.25, -0.2) is 4.98 Å². The van der Waals surface area contributed by atoms with Gasteiger partial charge in [-0.3, -0.25) is 14.3 Å². The normalized spacial score (nSPS) is 13.9. The number of ether oxygens (including phenoxy) is 1. The number of amides is 1. The van der Waals surface area contributed by atoms with Gasteiger partial charge in [0.05, 0.1) is 12.9 Å². The second kappa shape index (κ2) is 14.2. The number of nitrogens with zero attached hydrogens (tertiary/aromatic N) is 6. The molecular weight excluding hydrogens is 572 g/mol. The quantitative estimate of drug-likeness (QED) is 0.179. The summed E-state index contributed by atoms with van der Waals surface area (Å²) >= 11 is 1.47. The Morgan fingerprint density at radius 2 is 1.66 bits per heavy atom. The molecular formula is C34H34N6O3S. The van der Waals surface area contributed by atoms with Gasteiger partial charge in [-0.05, 0) is 35.4 Å². The summed E-state index contributed by atoms with van der Waals surface area (Å²) in [6.07, 6.45) is 6.40. The first-order valence-corrected chi connectivity index (χ1v) is 15.6. The van der Waals surface area contributed by atoms with Crippen LogP contribution in [0.15, 0.2) is 107 Å². The van der Waals surface area contributed by atoms with Gasteiger partial charge in [0.25, 0.3) is 5.91 Å². The second-order valence-electron chi connectivity index (χ2n) is 10.4. The standard InChI is InChI=1S/C34H34N6O3S/c1-42-29-16-14-28(15-17-29)40-31(23-27-11-6-3-7-12-27)36-37-34(40)44-25-32-35-30(24-43-32)33(41)39-21-19-38(20-22-39)18-8-13-26-9-4-2-5-10-26/h2-17,24H,18-23,25H2,1H3. The van der Waals surface area contributed by atoms with Crippen LogP contribution in [0.4, 0.5) is 0 Å². The first kappa shape index (κ1) is 29.4.